The summed E-state index contributed by atoms with van der Waals surface area (Å²) < 4.78 is 4.86. The van der Waals surface area contributed by atoms with E-state index < -0.39 is 12.1 Å². The maximum absolute atomic E-state index is 11.5. The normalized spacial score (nSPS) is 14.4. The smallest absolute Gasteiger partial charge is 0.410 e. The predicted octanol–water partition coefficient (Wildman–Crippen LogP) is 1.25. The van der Waals surface area contributed by atoms with E-state index >= 15 is 0 Å². The first-order chi connectivity index (χ1) is 7.15. The van der Waals surface area contributed by atoms with Crippen molar-refractivity contribution in [2.45, 2.75) is 25.3 Å². The lowest BCUT2D eigenvalue weighted by Crippen LogP contribution is -2.35. The van der Waals surface area contributed by atoms with E-state index in [0.29, 0.717) is 0 Å². The molecule has 0 atom stereocenters. The van der Waals surface area contributed by atoms with Gasteiger partial charge in [-0.3, -0.25) is 4.79 Å². The number of hydrogen-bond acceptors (Lipinski definition) is 3. The summed E-state index contributed by atoms with van der Waals surface area (Å²) in [5, 5.41) is 8.53. The number of carboxylic acid groups (broad SMARTS) is 1. The van der Waals surface area contributed by atoms with E-state index in [2.05, 4.69) is 6.58 Å². The van der Waals surface area contributed by atoms with Crippen LogP contribution in [0.4, 0.5) is 4.79 Å². The molecule has 0 saturated heterocycles. The number of aliphatic carboxylic acids is 1. The molecule has 0 bridgehead atoms. The number of ether oxygens (including phenoxy) is 1. The number of rotatable bonds is 6. The summed E-state index contributed by atoms with van der Waals surface area (Å²) in [6, 6.07) is 0.168. The Morgan fingerprint density at radius 2 is 2.20 bits per heavy atom. The molecule has 1 amide bonds. The van der Waals surface area contributed by atoms with Crippen LogP contribution in [-0.4, -0.2) is 41.3 Å². The highest BCUT2D eigenvalue weighted by Gasteiger charge is 2.33. The Morgan fingerprint density at radius 1 is 1.53 bits per heavy atom. The van der Waals surface area contributed by atoms with Gasteiger partial charge in [0, 0.05) is 12.6 Å². The number of carboxylic acids is 1. The minimum absolute atomic E-state index is 0.0420. The fraction of sp³-hybridized carbons (Fsp3) is 0.600. The van der Waals surface area contributed by atoms with Crippen LogP contribution in [0, 0.1) is 0 Å². The zero-order valence-corrected chi connectivity index (χ0v) is 8.52. The quantitative estimate of drug-likeness (QED) is 0.674. The van der Waals surface area contributed by atoms with Gasteiger partial charge in [0.2, 0.25) is 0 Å². The highest BCUT2D eigenvalue weighted by atomic mass is 16.6. The van der Waals surface area contributed by atoms with Crippen molar-refractivity contribution in [3.05, 3.63) is 12.7 Å². The predicted molar refractivity (Wildman–Crippen MR) is 53.5 cm³/mol. The Labute approximate surface area is 88.3 Å². The van der Waals surface area contributed by atoms with Gasteiger partial charge in [-0.25, -0.2) is 4.79 Å². The average Bonchev–Trinajstić information content (AvgIpc) is 2.98. The summed E-state index contributed by atoms with van der Waals surface area (Å²) in [6.45, 7) is 3.82. The Balaban J connectivity index is 2.38. The Bertz CT molecular complexity index is 260. The van der Waals surface area contributed by atoms with Gasteiger partial charge in [-0.15, -0.1) is 0 Å². The molecule has 0 unspecified atom stereocenters. The van der Waals surface area contributed by atoms with E-state index in [4.69, 9.17) is 9.84 Å². The van der Waals surface area contributed by atoms with E-state index in [9.17, 15) is 9.59 Å². The molecular weight excluding hydrogens is 198 g/mol. The lowest BCUT2D eigenvalue weighted by molar-refractivity contribution is -0.137. The summed E-state index contributed by atoms with van der Waals surface area (Å²) in [4.78, 5) is 23.3. The molecule has 5 heteroatoms. The second-order valence-corrected chi connectivity index (χ2v) is 3.43. The fourth-order valence-electron chi connectivity index (χ4n) is 1.24. The van der Waals surface area contributed by atoms with E-state index in [1.807, 2.05) is 0 Å². The molecule has 0 heterocycles. The van der Waals surface area contributed by atoms with Gasteiger partial charge in [-0.1, -0.05) is 12.7 Å². The molecule has 1 rings (SSSR count). The zero-order valence-electron chi connectivity index (χ0n) is 8.52. The molecule has 0 aliphatic heterocycles. The number of nitrogens with zero attached hydrogens (tertiary/aromatic N) is 1. The number of carbonyl (C=O) groups is 2. The van der Waals surface area contributed by atoms with Crippen molar-refractivity contribution in [2.75, 3.05) is 13.2 Å². The summed E-state index contributed by atoms with van der Waals surface area (Å²) in [5.74, 6) is -0.905. The van der Waals surface area contributed by atoms with Crippen LogP contribution in [-0.2, 0) is 9.53 Å². The second kappa shape index (κ2) is 5.38. The molecule has 1 saturated carbocycles. The van der Waals surface area contributed by atoms with Crippen molar-refractivity contribution in [2.24, 2.45) is 0 Å². The van der Waals surface area contributed by atoms with Crippen molar-refractivity contribution in [3.8, 4) is 0 Å². The van der Waals surface area contributed by atoms with Crippen LogP contribution in [0.25, 0.3) is 0 Å². The molecule has 5 nitrogen and oxygen atoms in total. The van der Waals surface area contributed by atoms with Gasteiger partial charge in [0.25, 0.3) is 0 Å². The molecule has 1 aliphatic rings. The second-order valence-electron chi connectivity index (χ2n) is 3.43. The molecule has 0 spiro atoms. The first kappa shape index (κ1) is 11.6. The van der Waals surface area contributed by atoms with Crippen LogP contribution in [0.3, 0.4) is 0 Å². The van der Waals surface area contributed by atoms with Crippen molar-refractivity contribution >= 4 is 12.1 Å². The van der Waals surface area contributed by atoms with Gasteiger partial charge in [0.05, 0.1) is 6.42 Å². The molecule has 15 heavy (non-hydrogen) atoms. The van der Waals surface area contributed by atoms with Crippen molar-refractivity contribution in [3.63, 3.8) is 0 Å². The molecule has 0 aromatic carbocycles. The van der Waals surface area contributed by atoms with E-state index in [1.54, 1.807) is 0 Å². The van der Waals surface area contributed by atoms with Gasteiger partial charge in [-0.2, -0.15) is 0 Å². The Hall–Kier alpha value is -1.52. The monoisotopic (exact) mass is 213 g/mol. The summed E-state index contributed by atoms with van der Waals surface area (Å²) >= 11 is 0. The largest absolute Gasteiger partial charge is 0.481 e. The molecule has 1 N–H and O–H groups in total. The van der Waals surface area contributed by atoms with Crippen LogP contribution < -0.4 is 0 Å². The lowest BCUT2D eigenvalue weighted by atomic mass is 10.4. The van der Waals surface area contributed by atoms with Crippen molar-refractivity contribution in [1.29, 1.82) is 0 Å². The summed E-state index contributed by atoms with van der Waals surface area (Å²) in [5.41, 5.74) is 0. The fourth-order valence-corrected chi connectivity index (χ4v) is 1.24. The van der Waals surface area contributed by atoms with Crippen LogP contribution in [0.5, 0.6) is 0 Å². The van der Waals surface area contributed by atoms with Crippen LogP contribution >= 0.6 is 0 Å². The SMILES string of the molecule is C=CCOC(=O)N(CCC(=O)O)C1CC1. The molecular formula is C10H15NO4. The minimum atomic E-state index is -0.905. The maximum Gasteiger partial charge on any atom is 0.410 e. The topological polar surface area (TPSA) is 66.8 Å². The molecule has 0 aromatic heterocycles. The highest BCUT2D eigenvalue weighted by molar-refractivity contribution is 5.71. The Kier molecular flexibility index (Phi) is 4.15. The molecule has 1 aliphatic carbocycles. The summed E-state index contributed by atoms with van der Waals surface area (Å²) in [6.07, 6.45) is 2.87. The van der Waals surface area contributed by atoms with Crippen molar-refractivity contribution < 1.29 is 19.4 Å². The average molecular weight is 213 g/mol. The molecule has 0 aromatic rings. The number of hydrogen-bond donors (Lipinski definition) is 1. The first-order valence-electron chi connectivity index (χ1n) is 4.91. The Morgan fingerprint density at radius 3 is 2.67 bits per heavy atom. The maximum atomic E-state index is 11.5. The molecule has 1 fully saturated rings. The van der Waals surface area contributed by atoms with E-state index in [-0.39, 0.29) is 25.6 Å². The van der Waals surface area contributed by atoms with Gasteiger partial charge in [0.15, 0.2) is 0 Å². The van der Waals surface area contributed by atoms with Gasteiger partial charge < -0.3 is 14.7 Å². The summed E-state index contributed by atoms with van der Waals surface area (Å²) in [7, 11) is 0. The van der Waals surface area contributed by atoms with E-state index in [0.717, 1.165) is 12.8 Å². The number of carbonyl (C=O) groups excluding carboxylic acids is 1. The van der Waals surface area contributed by atoms with E-state index in [1.165, 1.54) is 11.0 Å². The highest BCUT2D eigenvalue weighted by Crippen LogP contribution is 2.27. The van der Waals surface area contributed by atoms with Crippen molar-refractivity contribution in [1.82, 2.24) is 4.90 Å². The van der Waals surface area contributed by atoms with Gasteiger partial charge >= 0.3 is 12.1 Å². The standard InChI is InChI=1S/C10H15NO4/c1-2-7-15-10(14)11(8-3-4-8)6-5-9(12)13/h2,8H,1,3-7H2,(H,12,13). The first-order valence-corrected chi connectivity index (χ1v) is 4.91. The molecule has 0 radical (unpaired) electrons. The van der Waals surface area contributed by atoms with Crippen LogP contribution in [0.1, 0.15) is 19.3 Å². The number of amides is 1. The van der Waals surface area contributed by atoms with Crippen LogP contribution in [0.2, 0.25) is 0 Å². The third-order valence-electron chi connectivity index (χ3n) is 2.11. The van der Waals surface area contributed by atoms with Crippen LogP contribution in [0.15, 0.2) is 12.7 Å². The third-order valence-corrected chi connectivity index (χ3v) is 2.11. The zero-order chi connectivity index (χ0) is 11.3. The van der Waals surface area contributed by atoms with Gasteiger partial charge in [-0.05, 0) is 12.8 Å². The minimum Gasteiger partial charge on any atom is -0.481 e. The third kappa shape index (κ3) is 4.01. The van der Waals surface area contributed by atoms with Gasteiger partial charge in [0.1, 0.15) is 6.61 Å². The lowest BCUT2D eigenvalue weighted by Gasteiger charge is -2.20. The molecule has 84 valence electrons.